The fourth-order valence-electron chi connectivity index (χ4n) is 2.18. The Hall–Kier alpha value is -2.66. The summed E-state index contributed by atoms with van der Waals surface area (Å²) in [6.07, 6.45) is 4.80. The Labute approximate surface area is 137 Å². The lowest BCUT2D eigenvalue weighted by molar-refractivity contribution is -0.116. The summed E-state index contributed by atoms with van der Waals surface area (Å²) >= 11 is 6.08. The topological polar surface area (TPSA) is 46.4 Å². The first kappa shape index (κ1) is 15.2. The molecule has 0 aliphatic carbocycles. The molecule has 0 aliphatic heterocycles. The van der Waals surface area contributed by atoms with Crippen LogP contribution < -0.4 is 5.32 Å². The van der Waals surface area contributed by atoms with Crippen molar-refractivity contribution in [1.29, 1.82) is 0 Å². The van der Waals surface area contributed by atoms with Crippen molar-refractivity contribution < 1.29 is 9.18 Å². The fraction of sp³-hybridized carbons (Fsp3) is 0.0588. The Morgan fingerprint density at radius 3 is 3.00 bits per heavy atom. The highest BCUT2D eigenvalue weighted by Crippen LogP contribution is 2.18. The van der Waals surface area contributed by atoms with Crippen molar-refractivity contribution >= 4 is 29.2 Å². The molecule has 6 heteroatoms. The third kappa shape index (κ3) is 3.57. The summed E-state index contributed by atoms with van der Waals surface area (Å²) in [6, 6.07) is 11.6. The minimum atomic E-state index is -0.329. The van der Waals surface area contributed by atoms with Gasteiger partial charge in [-0.05, 0) is 35.9 Å². The van der Waals surface area contributed by atoms with Crippen LogP contribution in [0.1, 0.15) is 11.3 Å². The lowest BCUT2D eigenvalue weighted by Gasteiger charge is -2.02. The smallest absolute Gasteiger partial charge is 0.244 e. The number of hydrogen-bond acceptors (Lipinski definition) is 2. The van der Waals surface area contributed by atoms with Gasteiger partial charge in [0.2, 0.25) is 5.91 Å². The molecule has 1 amide bonds. The van der Waals surface area contributed by atoms with E-state index in [9.17, 15) is 9.18 Å². The number of nitrogens with zero attached hydrogens (tertiary/aromatic N) is 2. The molecule has 0 spiro atoms. The number of aromatic nitrogens is 2. The Bertz CT molecular complexity index is 888. The second-order valence-electron chi connectivity index (χ2n) is 4.90. The quantitative estimate of drug-likeness (QED) is 0.745. The number of hydrogen-bond donors (Lipinski definition) is 1. The molecule has 3 aromatic rings. The molecular formula is C17H13ClFN3O. The van der Waals surface area contributed by atoms with E-state index in [-0.39, 0.29) is 18.3 Å². The van der Waals surface area contributed by atoms with E-state index >= 15 is 0 Å². The van der Waals surface area contributed by atoms with Gasteiger partial charge in [0.25, 0.3) is 0 Å². The van der Waals surface area contributed by atoms with Crippen LogP contribution >= 0.6 is 11.6 Å². The molecule has 0 unspecified atom stereocenters. The van der Waals surface area contributed by atoms with Gasteiger partial charge in [-0.15, -0.1) is 0 Å². The van der Waals surface area contributed by atoms with Crippen LogP contribution in [0, 0.1) is 5.82 Å². The zero-order chi connectivity index (χ0) is 16.2. The fourth-order valence-corrected chi connectivity index (χ4v) is 2.43. The minimum absolute atomic E-state index is 0.252. The Kier molecular flexibility index (Phi) is 4.39. The molecule has 116 valence electrons. The lowest BCUT2D eigenvalue weighted by Crippen LogP contribution is -2.20. The number of imidazole rings is 1. The van der Waals surface area contributed by atoms with Gasteiger partial charge < -0.3 is 5.32 Å². The Balaban J connectivity index is 1.69. The van der Waals surface area contributed by atoms with Crippen LogP contribution in [-0.4, -0.2) is 15.3 Å². The van der Waals surface area contributed by atoms with E-state index < -0.39 is 0 Å². The maximum atomic E-state index is 13.1. The highest BCUT2D eigenvalue weighted by Gasteiger charge is 2.07. The van der Waals surface area contributed by atoms with E-state index in [4.69, 9.17) is 11.6 Å². The standard InChI is InChI=1S/C17H13ClFN3O/c18-17-14(22-9-2-1-6-15(22)21-17)7-8-16(23)20-11-12-4-3-5-13(19)10-12/h1-10H,11H2,(H,20,23)/b8-7+. The van der Waals surface area contributed by atoms with Crippen LogP contribution in [0.5, 0.6) is 0 Å². The lowest BCUT2D eigenvalue weighted by atomic mass is 10.2. The summed E-state index contributed by atoms with van der Waals surface area (Å²) in [6.45, 7) is 0.252. The van der Waals surface area contributed by atoms with Crippen molar-refractivity contribution in [2.75, 3.05) is 0 Å². The first-order chi connectivity index (χ1) is 11.1. The summed E-state index contributed by atoms with van der Waals surface area (Å²) < 4.78 is 14.9. The molecule has 0 radical (unpaired) electrons. The molecule has 0 saturated heterocycles. The summed E-state index contributed by atoms with van der Waals surface area (Å²) in [5.74, 6) is -0.624. The maximum absolute atomic E-state index is 13.1. The van der Waals surface area contributed by atoms with Crippen molar-refractivity contribution in [1.82, 2.24) is 14.7 Å². The monoisotopic (exact) mass is 329 g/mol. The predicted molar refractivity (Wildman–Crippen MR) is 87.5 cm³/mol. The Morgan fingerprint density at radius 2 is 2.17 bits per heavy atom. The van der Waals surface area contributed by atoms with Crippen LogP contribution in [-0.2, 0) is 11.3 Å². The van der Waals surface area contributed by atoms with Crippen molar-refractivity contribution in [3.63, 3.8) is 0 Å². The SMILES string of the molecule is O=C(/C=C/c1c(Cl)nc2ccccn12)NCc1cccc(F)c1. The van der Waals surface area contributed by atoms with Crippen LogP contribution in [0.2, 0.25) is 5.15 Å². The van der Waals surface area contributed by atoms with E-state index in [1.807, 2.05) is 24.4 Å². The summed E-state index contributed by atoms with van der Waals surface area (Å²) in [4.78, 5) is 16.1. The molecule has 0 atom stereocenters. The second-order valence-corrected chi connectivity index (χ2v) is 5.26. The van der Waals surface area contributed by atoms with Gasteiger partial charge in [0.15, 0.2) is 5.15 Å². The zero-order valence-electron chi connectivity index (χ0n) is 12.0. The number of carbonyl (C=O) groups excluding carboxylic acids is 1. The first-order valence-electron chi connectivity index (χ1n) is 6.96. The zero-order valence-corrected chi connectivity index (χ0v) is 12.8. The van der Waals surface area contributed by atoms with Gasteiger partial charge in [-0.25, -0.2) is 9.37 Å². The Morgan fingerprint density at radius 1 is 1.30 bits per heavy atom. The average Bonchev–Trinajstić information content (AvgIpc) is 2.86. The van der Waals surface area contributed by atoms with Crippen molar-refractivity contribution in [3.8, 4) is 0 Å². The normalized spacial score (nSPS) is 11.2. The van der Waals surface area contributed by atoms with E-state index in [0.717, 1.165) is 0 Å². The molecule has 0 aliphatic rings. The molecular weight excluding hydrogens is 317 g/mol. The number of carbonyl (C=O) groups is 1. The van der Waals surface area contributed by atoms with Gasteiger partial charge >= 0.3 is 0 Å². The van der Waals surface area contributed by atoms with Gasteiger partial charge in [-0.1, -0.05) is 29.8 Å². The molecule has 0 bridgehead atoms. The van der Waals surface area contributed by atoms with E-state index in [0.29, 0.717) is 22.1 Å². The van der Waals surface area contributed by atoms with Gasteiger partial charge in [0.1, 0.15) is 11.5 Å². The second kappa shape index (κ2) is 6.62. The molecule has 4 nitrogen and oxygen atoms in total. The maximum Gasteiger partial charge on any atom is 0.244 e. The molecule has 3 rings (SSSR count). The molecule has 0 fully saturated rings. The molecule has 23 heavy (non-hydrogen) atoms. The number of rotatable bonds is 4. The number of benzene rings is 1. The molecule has 2 aromatic heterocycles. The molecule has 1 N–H and O–H groups in total. The van der Waals surface area contributed by atoms with E-state index in [2.05, 4.69) is 10.3 Å². The van der Waals surface area contributed by atoms with Crippen molar-refractivity contribution in [2.24, 2.45) is 0 Å². The number of nitrogens with one attached hydrogen (secondary N) is 1. The third-order valence-corrected chi connectivity index (χ3v) is 3.55. The van der Waals surface area contributed by atoms with E-state index in [1.54, 1.807) is 22.6 Å². The predicted octanol–water partition coefficient (Wildman–Crippen LogP) is 3.46. The van der Waals surface area contributed by atoms with Gasteiger partial charge in [0, 0.05) is 18.8 Å². The third-order valence-electron chi connectivity index (χ3n) is 3.27. The summed E-state index contributed by atoms with van der Waals surface area (Å²) in [5.41, 5.74) is 2.03. The minimum Gasteiger partial charge on any atom is -0.348 e. The van der Waals surface area contributed by atoms with Gasteiger partial charge in [-0.3, -0.25) is 9.20 Å². The van der Waals surface area contributed by atoms with Crippen LogP contribution in [0.3, 0.4) is 0 Å². The highest BCUT2D eigenvalue weighted by atomic mass is 35.5. The average molecular weight is 330 g/mol. The van der Waals surface area contributed by atoms with Crippen molar-refractivity contribution in [2.45, 2.75) is 6.54 Å². The van der Waals surface area contributed by atoms with Crippen LogP contribution in [0.25, 0.3) is 11.7 Å². The largest absolute Gasteiger partial charge is 0.348 e. The molecule has 1 aromatic carbocycles. The van der Waals surface area contributed by atoms with Crippen molar-refractivity contribution in [3.05, 3.63) is 77.0 Å². The number of halogens is 2. The number of amides is 1. The van der Waals surface area contributed by atoms with E-state index in [1.165, 1.54) is 18.2 Å². The molecule has 0 saturated carbocycles. The number of pyridine rings is 1. The summed E-state index contributed by atoms with van der Waals surface area (Å²) in [7, 11) is 0. The summed E-state index contributed by atoms with van der Waals surface area (Å²) in [5, 5.41) is 3.02. The van der Waals surface area contributed by atoms with Gasteiger partial charge in [-0.2, -0.15) is 0 Å². The molecule has 2 heterocycles. The van der Waals surface area contributed by atoms with Gasteiger partial charge in [0.05, 0.1) is 5.69 Å². The first-order valence-corrected chi connectivity index (χ1v) is 7.34. The van der Waals surface area contributed by atoms with Crippen LogP contribution in [0.15, 0.2) is 54.7 Å². The van der Waals surface area contributed by atoms with Crippen LogP contribution in [0.4, 0.5) is 4.39 Å². The highest BCUT2D eigenvalue weighted by molar-refractivity contribution is 6.31. The number of fused-ring (bicyclic) bond motifs is 1.